The first-order chi connectivity index (χ1) is 14.0. The Labute approximate surface area is 164 Å². The Morgan fingerprint density at radius 2 is 1.97 bits per heavy atom. The normalized spacial score (nSPS) is 16.1. The fraction of sp³-hybridized carbons (Fsp3) is 0.190. The Hall–Kier alpha value is -3.55. The van der Waals surface area contributed by atoms with Crippen LogP contribution in [0.1, 0.15) is 30.0 Å². The minimum absolute atomic E-state index is 0.0654. The van der Waals surface area contributed by atoms with Crippen LogP contribution in [0.2, 0.25) is 0 Å². The molecule has 0 saturated carbocycles. The van der Waals surface area contributed by atoms with Gasteiger partial charge in [0.2, 0.25) is 0 Å². The molecule has 0 aliphatic heterocycles. The quantitative estimate of drug-likeness (QED) is 0.538. The van der Waals surface area contributed by atoms with Crippen molar-refractivity contribution in [2.24, 2.45) is 0 Å². The van der Waals surface area contributed by atoms with E-state index in [0.29, 0.717) is 16.7 Å². The zero-order valence-electron chi connectivity index (χ0n) is 15.3. The number of rotatable bonds is 2. The van der Waals surface area contributed by atoms with Gasteiger partial charge in [-0.2, -0.15) is 9.49 Å². The fourth-order valence-corrected chi connectivity index (χ4v) is 4.11. The van der Waals surface area contributed by atoms with Gasteiger partial charge in [-0.25, -0.2) is 19.0 Å². The Morgan fingerprint density at radius 1 is 1.14 bits per heavy atom. The van der Waals surface area contributed by atoms with Crippen LogP contribution in [0.4, 0.5) is 14.6 Å². The lowest BCUT2D eigenvalue weighted by atomic mass is 9.88. The second kappa shape index (κ2) is 6.51. The molecule has 0 bridgehead atoms. The lowest BCUT2D eigenvalue weighted by Gasteiger charge is -2.26. The molecular weight excluding hydrogens is 376 g/mol. The Bertz CT molecular complexity index is 1230. The van der Waals surface area contributed by atoms with Crippen molar-refractivity contribution in [3.63, 3.8) is 0 Å². The summed E-state index contributed by atoms with van der Waals surface area (Å²) in [6.07, 6.45) is 4.20. The number of phenolic OH excluding ortho intramolecular Hbond substituents is 1. The highest BCUT2D eigenvalue weighted by Crippen LogP contribution is 2.39. The number of benzene rings is 2. The number of hydrogen-bond donors (Lipinski definition) is 2. The second-order valence-electron chi connectivity index (χ2n) is 7.15. The molecule has 1 unspecified atom stereocenters. The summed E-state index contributed by atoms with van der Waals surface area (Å²) in [6, 6.07) is 10.2. The molecule has 5 rings (SSSR count). The molecule has 0 spiro atoms. The number of nitrogen functional groups attached to an aromatic ring is 1. The standard InChI is InChI=1S/C21H17F2N5O/c22-14-8-12(9-16(29)18(14)23)19-17-20(24)25-10-26-21(17)28(27-19)15-7-3-5-11-4-1-2-6-13(11)15/h1-2,4,6,8-10,15,29H,3,5,7H2,(H2,24,25,26). The molecule has 0 fully saturated rings. The van der Waals surface area contributed by atoms with Gasteiger partial charge in [-0.15, -0.1) is 0 Å². The summed E-state index contributed by atoms with van der Waals surface area (Å²) < 4.78 is 29.3. The number of phenols is 1. The van der Waals surface area contributed by atoms with Crippen LogP contribution in [-0.4, -0.2) is 24.9 Å². The third-order valence-corrected chi connectivity index (χ3v) is 5.43. The molecular formula is C21H17F2N5O. The second-order valence-corrected chi connectivity index (χ2v) is 7.15. The number of nitrogens with two attached hydrogens (primary N) is 1. The van der Waals surface area contributed by atoms with Gasteiger partial charge in [-0.1, -0.05) is 24.3 Å². The molecule has 4 aromatic rings. The van der Waals surface area contributed by atoms with Gasteiger partial charge in [0, 0.05) is 5.56 Å². The predicted octanol–water partition coefficient (Wildman–Crippen LogP) is 3.99. The molecule has 2 aromatic carbocycles. The third-order valence-electron chi connectivity index (χ3n) is 5.43. The lowest BCUT2D eigenvalue weighted by Crippen LogP contribution is -2.18. The molecule has 2 heterocycles. The number of anilines is 1. The summed E-state index contributed by atoms with van der Waals surface area (Å²) in [5.74, 6) is -3.07. The van der Waals surface area contributed by atoms with Crippen molar-refractivity contribution in [2.45, 2.75) is 25.3 Å². The molecule has 3 N–H and O–H groups in total. The average molecular weight is 393 g/mol. The smallest absolute Gasteiger partial charge is 0.200 e. The Kier molecular flexibility index (Phi) is 3.94. The first-order valence-corrected chi connectivity index (χ1v) is 9.29. The van der Waals surface area contributed by atoms with Crippen molar-refractivity contribution < 1.29 is 13.9 Å². The van der Waals surface area contributed by atoms with Crippen molar-refractivity contribution >= 4 is 16.9 Å². The van der Waals surface area contributed by atoms with Crippen LogP contribution in [0.25, 0.3) is 22.3 Å². The topological polar surface area (TPSA) is 89.8 Å². The number of hydrogen-bond acceptors (Lipinski definition) is 5. The van der Waals surface area contributed by atoms with E-state index in [1.165, 1.54) is 11.9 Å². The van der Waals surface area contributed by atoms with Crippen LogP contribution in [0, 0.1) is 11.6 Å². The summed E-state index contributed by atoms with van der Waals surface area (Å²) in [4.78, 5) is 8.42. The molecule has 2 aromatic heterocycles. The number of halogens is 2. The molecule has 1 aliphatic carbocycles. The molecule has 146 valence electrons. The molecule has 0 saturated heterocycles. The minimum atomic E-state index is -1.30. The highest BCUT2D eigenvalue weighted by Gasteiger charge is 2.27. The zero-order valence-corrected chi connectivity index (χ0v) is 15.3. The molecule has 1 atom stereocenters. The van der Waals surface area contributed by atoms with Crippen LogP contribution in [-0.2, 0) is 6.42 Å². The van der Waals surface area contributed by atoms with E-state index >= 15 is 0 Å². The van der Waals surface area contributed by atoms with Crippen LogP contribution in [0.3, 0.4) is 0 Å². The molecule has 6 nitrogen and oxygen atoms in total. The monoisotopic (exact) mass is 393 g/mol. The van der Waals surface area contributed by atoms with Gasteiger partial charge in [-0.3, -0.25) is 0 Å². The van der Waals surface area contributed by atoms with Crippen molar-refractivity contribution in [3.8, 4) is 17.0 Å². The van der Waals surface area contributed by atoms with E-state index in [0.717, 1.165) is 37.0 Å². The van der Waals surface area contributed by atoms with Gasteiger partial charge in [0.25, 0.3) is 0 Å². The molecule has 0 amide bonds. The maximum atomic E-state index is 14.0. The predicted molar refractivity (Wildman–Crippen MR) is 104 cm³/mol. The largest absolute Gasteiger partial charge is 0.505 e. The summed E-state index contributed by atoms with van der Waals surface area (Å²) in [5.41, 5.74) is 9.53. The number of aryl methyl sites for hydroxylation is 1. The summed E-state index contributed by atoms with van der Waals surface area (Å²) in [6.45, 7) is 0. The van der Waals surface area contributed by atoms with E-state index in [4.69, 9.17) is 5.73 Å². The number of aromatic hydroxyl groups is 1. The van der Waals surface area contributed by atoms with E-state index in [1.807, 2.05) is 12.1 Å². The number of aromatic nitrogens is 4. The Balaban J connectivity index is 1.77. The van der Waals surface area contributed by atoms with Crippen LogP contribution >= 0.6 is 0 Å². The van der Waals surface area contributed by atoms with E-state index in [-0.39, 0.29) is 17.4 Å². The zero-order chi connectivity index (χ0) is 20.1. The van der Waals surface area contributed by atoms with E-state index in [9.17, 15) is 13.9 Å². The maximum Gasteiger partial charge on any atom is 0.200 e. The van der Waals surface area contributed by atoms with Crippen molar-refractivity contribution in [1.82, 2.24) is 19.7 Å². The van der Waals surface area contributed by atoms with Gasteiger partial charge in [0.05, 0.1) is 11.4 Å². The molecule has 1 aliphatic rings. The maximum absolute atomic E-state index is 14.0. The van der Waals surface area contributed by atoms with Gasteiger partial charge in [0.1, 0.15) is 17.8 Å². The SMILES string of the molecule is Nc1ncnc2c1c(-c1cc(O)c(F)c(F)c1)nn2C1CCCc2ccccc21. The molecule has 29 heavy (non-hydrogen) atoms. The summed E-state index contributed by atoms with van der Waals surface area (Å²) >= 11 is 0. The van der Waals surface area contributed by atoms with Crippen LogP contribution in [0.15, 0.2) is 42.7 Å². The van der Waals surface area contributed by atoms with Crippen molar-refractivity contribution in [1.29, 1.82) is 0 Å². The van der Waals surface area contributed by atoms with Gasteiger partial charge >= 0.3 is 0 Å². The number of fused-ring (bicyclic) bond motifs is 2. The number of nitrogens with zero attached hydrogens (tertiary/aromatic N) is 4. The fourth-order valence-electron chi connectivity index (χ4n) is 4.11. The highest BCUT2D eigenvalue weighted by atomic mass is 19.2. The minimum Gasteiger partial charge on any atom is -0.505 e. The lowest BCUT2D eigenvalue weighted by molar-refractivity contribution is 0.407. The van der Waals surface area contributed by atoms with E-state index in [2.05, 4.69) is 27.2 Å². The van der Waals surface area contributed by atoms with Crippen molar-refractivity contribution in [2.75, 3.05) is 5.73 Å². The first kappa shape index (κ1) is 17.5. The van der Waals surface area contributed by atoms with E-state index < -0.39 is 17.4 Å². The molecule has 8 heteroatoms. The van der Waals surface area contributed by atoms with Gasteiger partial charge in [0.15, 0.2) is 23.0 Å². The van der Waals surface area contributed by atoms with Crippen LogP contribution in [0.5, 0.6) is 5.75 Å². The molecule has 0 radical (unpaired) electrons. The van der Waals surface area contributed by atoms with Gasteiger partial charge in [-0.05, 0) is 42.5 Å². The first-order valence-electron chi connectivity index (χ1n) is 9.29. The van der Waals surface area contributed by atoms with Crippen LogP contribution < -0.4 is 5.73 Å². The highest BCUT2D eigenvalue weighted by molar-refractivity contribution is 5.98. The van der Waals surface area contributed by atoms with Crippen molar-refractivity contribution in [3.05, 3.63) is 65.5 Å². The summed E-state index contributed by atoms with van der Waals surface area (Å²) in [7, 11) is 0. The summed E-state index contributed by atoms with van der Waals surface area (Å²) in [5, 5.41) is 14.9. The van der Waals surface area contributed by atoms with E-state index in [1.54, 1.807) is 4.68 Å². The van der Waals surface area contributed by atoms with Gasteiger partial charge < -0.3 is 10.8 Å². The third kappa shape index (κ3) is 2.71. The average Bonchev–Trinajstić information content (AvgIpc) is 3.12. The Morgan fingerprint density at radius 3 is 2.79 bits per heavy atom.